The number of anilines is 1. The Morgan fingerprint density at radius 1 is 1.04 bits per heavy atom. The zero-order chi connectivity index (χ0) is 18.8. The summed E-state index contributed by atoms with van der Waals surface area (Å²) in [7, 11) is 1.31. The molecule has 2 aromatic carbocycles. The Morgan fingerprint density at radius 2 is 1.65 bits per heavy atom. The summed E-state index contributed by atoms with van der Waals surface area (Å²) in [4.78, 5) is 38.1. The number of ether oxygens (including phenoxy) is 1. The lowest BCUT2D eigenvalue weighted by molar-refractivity contribution is -0.119. The number of fused-ring (bicyclic) bond motifs is 1. The number of methoxy groups -OCH3 is 1. The molecule has 1 heterocycles. The monoisotopic (exact) mass is 352 g/mol. The Balaban J connectivity index is 1.97. The summed E-state index contributed by atoms with van der Waals surface area (Å²) < 4.78 is 4.67. The second-order valence-corrected chi connectivity index (χ2v) is 6.34. The van der Waals surface area contributed by atoms with Crippen LogP contribution in [0.15, 0.2) is 48.5 Å². The van der Waals surface area contributed by atoms with Gasteiger partial charge in [-0.1, -0.05) is 18.2 Å². The summed E-state index contributed by atoms with van der Waals surface area (Å²) in [6.45, 7) is 1.90. The number of para-hydroxylation sites is 1. The highest BCUT2D eigenvalue weighted by Crippen LogP contribution is 2.38. The highest BCUT2D eigenvalue weighted by molar-refractivity contribution is 6.08. The molecule has 0 fully saturated rings. The Kier molecular flexibility index (Phi) is 4.75. The number of hydrogen-bond acceptors (Lipinski definition) is 4. The van der Waals surface area contributed by atoms with Crippen molar-refractivity contribution in [2.45, 2.75) is 25.3 Å². The maximum Gasteiger partial charge on any atom is 0.337 e. The molecule has 0 saturated heterocycles. The van der Waals surface area contributed by atoms with Gasteiger partial charge in [0, 0.05) is 17.3 Å². The first-order valence-corrected chi connectivity index (χ1v) is 8.34. The van der Waals surface area contributed by atoms with Crippen molar-refractivity contribution >= 4 is 23.5 Å². The molecule has 1 aliphatic heterocycles. The minimum absolute atomic E-state index is 0.185. The fourth-order valence-corrected chi connectivity index (χ4v) is 3.40. The quantitative estimate of drug-likeness (QED) is 0.860. The smallest absolute Gasteiger partial charge is 0.337 e. The molecule has 2 amide bonds. The first-order valence-electron chi connectivity index (χ1n) is 8.34. The Morgan fingerprint density at radius 3 is 2.27 bits per heavy atom. The summed E-state index contributed by atoms with van der Waals surface area (Å²) >= 11 is 0. The number of hydrogen-bond donors (Lipinski definition) is 1. The minimum atomic E-state index is -0.454. The van der Waals surface area contributed by atoms with E-state index in [1.54, 1.807) is 29.2 Å². The van der Waals surface area contributed by atoms with Gasteiger partial charge in [-0.05, 0) is 49.2 Å². The standard InChI is InChI=1S/C20H20N2O4/c1-12-11-16(18(21)23)15-5-3-4-6-17(15)22(12)19(24)13-7-9-14(10-8-13)20(25)26-2/h3-10,12,16H,11H2,1-2H3,(H2,21,23)/t12-,16+/m0/s1. The number of nitrogens with zero attached hydrogens (tertiary/aromatic N) is 1. The number of esters is 1. The van der Waals surface area contributed by atoms with Gasteiger partial charge in [0.1, 0.15) is 0 Å². The first kappa shape index (κ1) is 17.7. The Bertz CT molecular complexity index is 860. The van der Waals surface area contributed by atoms with Crippen LogP contribution in [0.5, 0.6) is 0 Å². The van der Waals surface area contributed by atoms with Crippen molar-refractivity contribution in [3.8, 4) is 0 Å². The van der Waals surface area contributed by atoms with E-state index in [2.05, 4.69) is 4.74 Å². The molecule has 2 aromatic rings. The van der Waals surface area contributed by atoms with Crippen LogP contribution in [0.2, 0.25) is 0 Å². The van der Waals surface area contributed by atoms with Gasteiger partial charge in [0.05, 0.1) is 18.6 Å². The van der Waals surface area contributed by atoms with E-state index in [9.17, 15) is 14.4 Å². The summed E-state index contributed by atoms with van der Waals surface area (Å²) in [5, 5.41) is 0. The van der Waals surface area contributed by atoms with Gasteiger partial charge in [0.2, 0.25) is 5.91 Å². The molecule has 3 rings (SSSR count). The summed E-state index contributed by atoms with van der Waals surface area (Å²) in [6, 6.07) is 13.5. The number of rotatable bonds is 3. The van der Waals surface area contributed by atoms with Crippen LogP contribution in [0.25, 0.3) is 0 Å². The maximum absolute atomic E-state index is 13.1. The minimum Gasteiger partial charge on any atom is -0.465 e. The molecule has 0 bridgehead atoms. The normalized spacial score (nSPS) is 18.8. The van der Waals surface area contributed by atoms with E-state index in [0.717, 1.165) is 5.56 Å². The van der Waals surface area contributed by atoms with Crippen molar-refractivity contribution < 1.29 is 19.1 Å². The zero-order valence-corrected chi connectivity index (χ0v) is 14.6. The average Bonchev–Trinajstić information content (AvgIpc) is 2.66. The lowest BCUT2D eigenvalue weighted by atomic mass is 9.85. The van der Waals surface area contributed by atoms with Crippen molar-refractivity contribution in [1.82, 2.24) is 0 Å². The maximum atomic E-state index is 13.1. The lowest BCUT2D eigenvalue weighted by Gasteiger charge is -2.38. The van der Waals surface area contributed by atoms with Crippen LogP contribution >= 0.6 is 0 Å². The predicted molar refractivity (Wildman–Crippen MR) is 97.0 cm³/mol. The summed E-state index contributed by atoms with van der Waals surface area (Å²) in [6.07, 6.45) is 0.471. The first-order chi connectivity index (χ1) is 12.4. The number of primary amides is 1. The van der Waals surface area contributed by atoms with E-state index < -0.39 is 11.9 Å². The van der Waals surface area contributed by atoms with Gasteiger partial charge < -0.3 is 15.4 Å². The average molecular weight is 352 g/mol. The fourth-order valence-electron chi connectivity index (χ4n) is 3.40. The van der Waals surface area contributed by atoms with Crippen molar-refractivity contribution in [3.63, 3.8) is 0 Å². The van der Waals surface area contributed by atoms with Crippen molar-refractivity contribution in [2.75, 3.05) is 12.0 Å². The molecular formula is C20H20N2O4. The van der Waals surface area contributed by atoms with Crippen LogP contribution in [0.1, 0.15) is 45.5 Å². The topological polar surface area (TPSA) is 89.7 Å². The molecule has 0 aromatic heterocycles. The number of amides is 2. The van der Waals surface area contributed by atoms with Crippen LogP contribution in [-0.2, 0) is 9.53 Å². The molecule has 2 atom stereocenters. The van der Waals surface area contributed by atoms with Crippen molar-refractivity contribution in [1.29, 1.82) is 0 Å². The van der Waals surface area contributed by atoms with Crippen LogP contribution in [-0.4, -0.2) is 30.9 Å². The summed E-state index contributed by atoms with van der Waals surface area (Å²) in [5.41, 5.74) is 7.84. The Labute approximate surface area is 151 Å². The van der Waals surface area contributed by atoms with Gasteiger partial charge in [0.15, 0.2) is 0 Å². The number of carbonyl (C=O) groups excluding carboxylic acids is 3. The van der Waals surface area contributed by atoms with Gasteiger partial charge >= 0.3 is 5.97 Å². The molecule has 6 nitrogen and oxygen atoms in total. The van der Waals surface area contributed by atoms with E-state index >= 15 is 0 Å². The predicted octanol–water partition coefficient (Wildman–Crippen LogP) is 2.48. The molecule has 0 unspecified atom stereocenters. The third kappa shape index (κ3) is 3.06. The molecule has 2 N–H and O–H groups in total. The van der Waals surface area contributed by atoms with E-state index in [-0.39, 0.29) is 17.9 Å². The second-order valence-electron chi connectivity index (χ2n) is 6.34. The molecule has 0 aliphatic carbocycles. The lowest BCUT2D eigenvalue weighted by Crippen LogP contribution is -2.45. The molecule has 0 spiro atoms. The van der Waals surface area contributed by atoms with E-state index in [4.69, 9.17) is 5.73 Å². The molecule has 0 saturated carbocycles. The Hall–Kier alpha value is -3.15. The van der Waals surface area contributed by atoms with Gasteiger partial charge in [-0.2, -0.15) is 0 Å². The highest BCUT2D eigenvalue weighted by Gasteiger charge is 2.36. The van der Waals surface area contributed by atoms with Gasteiger partial charge in [-0.3, -0.25) is 9.59 Å². The molecule has 26 heavy (non-hydrogen) atoms. The van der Waals surface area contributed by atoms with Crippen LogP contribution in [0, 0.1) is 0 Å². The number of nitrogens with two attached hydrogens (primary N) is 1. The van der Waals surface area contributed by atoms with Crippen molar-refractivity contribution in [3.05, 3.63) is 65.2 Å². The number of carbonyl (C=O) groups is 3. The molecule has 0 radical (unpaired) electrons. The molecule has 134 valence electrons. The van der Waals surface area contributed by atoms with Crippen molar-refractivity contribution in [2.24, 2.45) is 5.73 Å². The van der Waals surface area contributed by atoms with Crippen LogP contribution in [0.3, 0.4) is 0 Å². The summed E-state index contributed by atoms with van der Waals surface area (Å²) in [5.74, 6) is -1.44. The largest absolute Gasteiger partial charge is 0.465 e. The zero-order valence-electron chi connectivity index (χ0n) is 14.6. The molecule has 1 aliphatic rings. The van der Waals surface area contributed by atoms with Gasteiger partial charge in [-0.25, -0.2) is 4.79 Å². The van der Waals surface area contributed by atoms with E-state index in [1.807, 2.05) is 31.2 Å². The molecular weight excluding hydrogens is 332 g/mol. The molecule has 6 heteroatoms. The second kappa shape index (κ2) is 7.00. The third-order valence-electron chi connectivity index (χ3n) is 4.70. The number of benzene rings is 2. The van der Waals surface area contributed by atoms with Gasteiger partial charge in [-0.15, -0.1) is 0 Å². The highest BCUT2D eigenvalue weighted by atomic mass is 16.5. The fraction of sp³-hybridized carbons (Fsp3) is 0.250. The van der Waals surface area contributed by atoms with Gasteiger partial charge in [0.25, 0.3) is 5.91 Å². The van der Waals surface area contributed by atoms with E-state index in [0.29, 0.717) is 23.2 Å². The van der Waals surface area contributed by atoms with Crippen LogP contribution in [0.4, 0.5) is 5.69 Å². The SMILES string of the molecule is COC(=O)c1ccc(C(=O)N2c3ccccc3[C@H](C(N)=O)C[C@@H]2C)cc1. The third-order valence-corrected chi connectivity index (χ3v) is 4.70. The van der Waals surface area contributed by atoms with Crippen LogP contribution < -0.4 is 10.6 Å². The van der Waals surface area contributed by atoms with E-state index in [1.165, 1.54) is 7.11 Å².